The maximum atomic E-state index is 14.1. The molecule has 1 aromatic carbocycles. The van der Waals surface area contributed by atoms with Crippen molar-refractivity contribution in [2.45, 2.75) is 108 Å². The molecule has 12 heteroatoms. The predicted octanol–water partition coefficient (Wildman–Crippen LogP) is 3.05. The van der Waals surface area contributed by atoms with Crippen LogP contribution in [0.1, 0.15) is 76.8 Å². The third-order valence-corrected chi connectivity index (χ3v) is 8.78. The smallest absolute Gasteiger partial charge is 0.410 e. The van der Waals surface area contributed by atoms with Crippen LogP contribution in [0.2, 0.25) is 0 Å². The van der Waals surface area contributed by atoms with Gasteiger partial charge in [0.15, 0.2) is 0 Å². The fourth-order valence-corrected chi connectivity index (χ4v) is 6.36. The van der Waals surface area contributed by atoms with Gasteiger partial charge < -0.3 is 30.7 Å². The van der Waals surface area contributed by atoms with Gasteiger partial charge in [0.1, 0.15) is 23.7 Å². The van der Waals surface area contributed by atoms with Gasteiger partial charge in [0.2, 0.25) is 11.8 Å². The van der Waals surface area contributed by atoms with Crippen LogP contribution in [0.15, 0.2) is 36.4 Å². The molecule has 1 saturated heterocycles. The summed E-state index contributed by atoms with van der Waals surface area (Å²) in [6.45, 7) is 6.26. The minimum absolute atomic E-state index is 0.0151. The topological polar surface area (TPSA) is 157 Å². The van der Waals surface area contributed by atoms with Gasteiger partial charge in [-0.2, -0.15) is 0 Å². The van der Waals surface area contributed by atoms with Gasteiger partial charge in [-0.15, -0.1) is 0 Å². The maximum Gasteiger partial charge on any atom is 0.410 e. The Morgan fingerprint density at radius 2 is 1.77 bits per heavy atom. The Balaban J connectivity index is 1.37. The summed E-state index contributed by atoms with van der Waals surface area (Å²) in [6.07, 6.45) is 6.18. The third-order valence-electron chi connectivity index (χ3n) is 8.78. The summed E-state index contributed by atoms with van der Waals surface area (Å²) < 4.78 is 5.84. The molecule has 5 amide bonds. The second-order valence-corrected chi connectivity index (χ2v) is 13.4. The van der Waals surface area contributed by atoms with Crippen molar-refractivity contribution in [3.63, 3.8) is 0 Å². The Kier molecular flexibility index (Phi) is 8.90. The predicted molar refractivity (Wildman–Crippen MR) is 160 cm³/mol. The Bertz CT molecular complexity index is 1320. The molecule has 3 aliphatic heterocycles. The number of fused-ring (bicyclic) bond motifs is 3. The highest BCUT2D eigenvalue weighted by atomic mass is 16.6. The number of rotatable bonds is 3. The lowest BCUT2D eigenvalue weighted by Gasteiger charge is -2.30. The monoisotopic (exact) mass is 609 g/mol. The molecular formula is C32H43N5O7. The number of carboxylic acids is 1. The van der Waals surface area contributed by atoms with Gasteiger partial charge in [-0.05, 0) is 57.6 Å². The Morgan fingerprint density at radius 1 is 1.07 bits per heavy atom. The van der Waals surface area contributed by atoms with Crippen molar-refractivity contribution in [3.8, 4) is 0 Å². The molecule has 4 aliphatic rings. The van der Waals surface area contributed by atoms with Crippen molar-refractivity contribution in [3.05, 3.63) is 47.5 Å². The number of aliphatic carboxylic acids is 1. The standard InChI is InChI=1S/C32H43N5O7/c1-31(2,3)35-29(42)33-24-14-8-6-4-5-7-13-22-16-32(22,28(40)41)34-26(38)25-15-23(19-37(25)27(24)39)44-30(43)36-17-20-11-9-10-12-21(20)18-36/h7,9-13,22-25H,4-6,8,14-19H2,1-3H3,(H,34,38)(H,40,41)(H2,33,35,42)/b13-7-/t22-,23-,24+,25+,32-/m1/s1. The SMILES string of the molecule is CC(C)(C)NC(=O)N[C@H]1CCCCC/C=C\[C@@H]2C[C@@]2(C(=O)O)NC(=O)[C@@H]2C[C@@H](OC(=O)N3Cc4ccccc4C3)CN2C1=O. The Morgan fingerprint density at radius 3 is 2.43 bits per heavy atom. The van der Waals surface area contributed by atoms with Gasteiger partial charge in [0.25, 0.3) is 0 Å². The summed E-state index contributed by atoms with van der Waals surface area (Å²) >= 11 is 0. The van der Waals surface area contributed by atoms with Gasteiger partial charge in [-0.1, -0.05) is 49.3 Å². The number of benzene rings is 1. The number of hydrogen-bond acceptors (Lipinski definition) is 6. The highest BCUT2D eigenvalue weighted by Gasteiger charge is 2.61. The second kappa shape index (κ2) is 12.5. The lowest BCUT2D eigenvalue weighted by molar-refractivity contribution is -0.145. The normalized spacial score (nSPS) is 29.6. The van der Waals surface area contributed by atoms with Gasteiger partial charge in [0.05, 0.1) is 6.54 Å². The van der Waals surface area contributed by atoms with Crippen molar-refractivity contribution in [1.82, 2.24) is 25.8 Å². The van der Waals surface area contributed by atoms with E-state index < -0.39 is 59.2 Å². The molecule has 238 valence electrons. The molecule has 5 rings (SSSR count). The molecular weight excluding hydrogens is 566 g/mol. The fourth-order valence-electron chi connectivity index (χ4n) is 6.36. The molecule has 2 fully saturated rings. The largest absolute Gasteiger partial charge is 0.479 e. The Hall–Kier alpha value is -4.09. The number of urea groups is 1. The average Bonchev–Trinajstić information content (AvgIpc) is 3.27. The summed E-state index contributed by atoms with van der Waals surface area (Å²) in [6, 6.07) is 5.25. The number of ether oxygens (including phenoxy) is 1. The average molecular weight is 610 g/mol. The lowest BCUT2D eigenvalue weighted by Crippen LogP contribution is -2.58. The van der Waals surface area contributed by atoms with Crippen molar-refractivity contribution in [2.24, 2.45) is 5.92 Å². The van der Waals surface area contributed by atoms with E-state index in [1.807, 2.05) is 57.2 Å². The minimum Gasteiger partial charge on any atom is -0.479 e. The van der Waals surface area contributed by atoms with Crippen LogP contribution < -0.4 is 16.0 Å². The van der Waals surface area contributed by atoms with Crippen LogP contribution in [0.25, 0.3) is 0 Å². The van der Waals surface area contributed by atoms with E-state index in [1.165, 1.54) is 4.90 Å². The van der Waals surface area contributed by atoms with Crippen LogP contribution in [0, 0.1) is 5.92 Å². The first-order valence-electron chi connectivity index (χ1n) is 15.5. The summed E-state index contributed by atoms with van der Waals surface area (Å²) in [5.74, 6) is -2.56. The first-order chi connectivity index (χ1) is 20.9. The highest BCUT2D eigenvalue weighted by molar-refractivity contribution is 5.96. The van der Waals surface area contributed by atoms with E-state index in [2.05, 4.69) is 16.0 Å². The zero-order valence-corrected chi connectivity index (χ0v) is 25.6. The van der Waals surface area contributed by atoms with Gasteiger partial charge in [-0.3, -0.25) is 14.5 Å². The van der Waals surface area contributed by atoms with E-state index in [1.54, 1.807) is 4.90 Å². The lowest BCUT2D eigenvalue weighted by atomic mass is 10.0. The van der Waals surface area contributed by atoms with Crippen LogP contribution in [0.3, 0.4) is 0 Å². The van der Waals surface area contributed by atoms with E-state index in [-0.39, 0.29) is 25.3 Å². The zero-order chi connectivity index (χ0) is 31.6. The molecule has 4 N–H and O–H groups in total. The molecule has 1 aromatic rings. The molecule has 44 heavy (non-hydrogen) atoms. The van der Waals surface area contributed by atoms with E-state index in [4.69, 9.17) is 4.74 Å². The van der Waals surface area contributed by atoms with Crippen LogP contribution in [0.5, 0.6) is 0 Å². The molecule has 0 spiro atoms. The van der Waals surface area contributed by atoms with Crippen LogP contribution in [-0.4, -0.2) is 80.6 Å². The molecule has 0 radical (unpaired) electrons. The first kappa shape index (κ1) is 31.3. The van der Waals surface area contributed by atoms with Crippen molar-refractivity contribution < 1.29 is 33.8 Å². The van der Waals surface area contributed by atoms with Crippen LogP contribution >= 0.6 is 0 Å². The van der Waals surface area contributed by atoms with Crippen molar-refractivity contribution >= 4 is 29.9 Å². The summed E-state index contributed by atoms with van der Waals surface area (Å²) in [5, 5.41) is 18.4. The summed E-state index contributed by atoms with van der Waals surface area (Å²) in [4.78, 5) is 69.0. The third kappa shape index (κ3) is 7.00. The minimum atomic E-state index is -1.44. The maximum absolute atomic E-state index is 14.1. The van der Waals surface area contributed by atoms with Crippen molar-refractivity contribution in [2.75, 3.05) is 6.54 Å². The van der Waals surface area contributed by atoms with Crippen LogP contribution in [0.4, 0.5) is 9.59 Å². The first-order valence-corrected chi connectivity index (χ1v) is 15.5. The van der Waals surface area contributed by atoms with Gasteiger partial charge in [0, 0.05) is 31.0 Å². The Labute approximate surface area is 257 Å². The molecule has 0 bridgehead atoms. The summed E-state index contributed by atoms with van der Waals surface area (Å²) in [5.41, 5.74) is 0.0959. The number of carbonyl (C=O) groups is 5. The van der Waals surface area contributed by atoms with E-state index in [0.717, 1.165) is 30.4 Å². The van der Waals surface area contributed by atoms with Gasteiger partial charge in [-0.25, -0.2) is 14.4 Å². The van der Waals surface area contributed by atoms with E-state index in [9.17, 15) is 29.1 Å². The molecule has 12 nitrogen and oxygen atoms in total. The highest BCUT2D eigenvalue weighted by Crippen LogP contribution is 2.45. The fraction of sp³-hybridized carbons (Fsp3) is 0.594. The molecule has 1 aliphatic carbocycles. The molecule has 0 aromatic heterocycles. The van der Waals surface area contributed by atoms with E-state index in [0.29, 0.717) is 25.9 Å². The quantitative estimate of drug-likeness (QED) is 0.384. The number of amides is 5. The molecule has 1 saturated carbocycles. The number of allylic oxidation sites excluding steroid dienone is 1. The van der Waals surface area contributed by atoms with Crippen LogP contribution in [-0.2, 0) is 32.2 Å². The number of carbonyl (C=O) groups excluding carboxylic acids is 4. The number of nitrogens with one attached hydrogen (secondary N) is 3. The molecule has 3 heterocycles. The number of hydrogen-bond donors (Lipinski definition) is 4. The van der Waals surface area contributed by atoms with Gasteiger partial charge >= 0.3 is 18.1 Å². The summed E-state index contributed by atoms with van der Waals surface area (Å²) in [7, 11) is 0. The zero-order valence-electron chi connectivity index (χ0n) is 25.6. The number of nitrogens with zero attached hydrogens (tertiary/aromatic N) is 2. The van der Waals surface area contributed by atoms with E-state index >= 15 is 0 Å². The second-order valence-electron chi connectivity index (χ2n) is 13.4. The van der Waals surface area contributed by atoms with Crippen molar-refractivity contribution in [1.29, 1.82) is 0 Å². The number of carboxylic acid groups (broad SMARTS) is 1. The molecule has 0 unspecified atom stereocenters. The molecule has 5 atom stereocenters.